The Hall–Kier alpha value is -3.02. The van der Waals surface area contributed by atoms with Gasteiger partial charge in [-0.05, 0) is 67.6 Å². The first-order valence-electron chi connectivity index (χ1n) is 9.76. The standard InChI is InChI=1S/C23H29NO5/c1-16-14-17(2)18(3)21(15-16)29-13-12-28-20-6-4-19(5-7-20)10-11-24-22(25)8-9-23(26)27/h4-7,14-15H,8-13H2,1-3H3,(H,24,25)(H,26,27). The predicted molar refractivity (Wildman–Crippen MR) is 112 cm³/mol. The molecular formula is C23H29NO5. The van der Waals surface area contributed by atoms with Gasteiger partial charge in [0.05, 0.1) is 6.42 Å². The topological polar surface area (TPSA) is 84.9 Å². The second kappa shape index (κ2) is 11.1. The van der Waals surface area contributed by atoms with Crippen LogP contribution in [0.5, 0.6) is 11.5 Å². The van der Waals surface area contributed by atoms with E-state index < -0.39 is 5.97 Å². The van der Waals surface area contributed by atoms with Crippen molar-refractivity contribution in [2.24, 2.45) is 0 Å². The van der Waals surface area contributed by atoms with E-state index in [1.807, 2.05) is 30.3 Å². The van der Waals surface area contributed by atoms with Crippen molar-refractivity contribution in [3.05, 3.63) is 58.7 Å². The molecule has 0 spiro atoms. The van der Waals surface area contributed by atoms with Crippen LogP contribution in [0.25, 0.3) is 0 Å². The number of aryl methyl sites for hydroxylation is 2. The summed E-state index contributed by atoms with van der Waals surface area (Å²) < 4.78 is 11.6. The molecule has 0 aromatic heterocycles. The third-order valence-electron chi connectivity index (χ3n) is 4.60. The summed E-state index contributed by atoms with van der Waals surface area (Å²) in [5.41, 5.74) is 4.61. The SMILES string of the molecule is Cc1cc(C)c(C)c(OCCOc2ccc(CCNC(=O)CCC(=O)O)cc2)c1. The second-order valence-corrected chi connectivity index (χ2v) is 7.04. The number of hydrogen-bond donors (Lipinski definition) is 2. The predicted octanol–water partition coefficient (Wildman–Crippen LogP) is 3.59. The lowest BCUT2D eigenvalue weighted by molar-refractivity contribution is -0.138. The van der Waals surface area contributed by atoms with Gasteiger partial charge < -0.3 is 19.9 Å². The maximum absolute atomic E-state index is 11.5. The fraction of sp³-hybridized carbons (Fsp3) is 0.391. The Morgan fingerprint density at radius 2 is 1.66 bits per heavy atom. The maximum atomic E-state index is 11.5. The van der Waals surface area contributed by atoms with Crippen LogP contribution in [0.3, 0.4) is 0 Å². The minimum absolute atomic E-state index is 0.00578. The van der Waals surface area contributed by atoms with Gasteiger partial charge in [0.25, 0.3) is 0 Å². The molecule has 6 heteroatoms. The van der Waals surface area contributed by atoms with Crippen molar-refractivity contribution in [1.29, 1.82) is 0 Å². The summed E-state index contributed by atoms with van der Waals surface area (Å²) in [5, 5.41) is 11.3. The van der Waals surface area contributed by atoms with Crippen molar-refractivity contribution in [2.75, 3.05) is 19.8 Å². The van der Waals surface area contributed by atoms with Crippen LogP contribution in [-0.4, -0.2) is 36.7 Å². The molecule has 2 rings (SSSR count). The fourth-order valence-corrected chi connectivity index (χ4v) is 2.87. The van der Waals surface area contributed by atoms with E-state index in [-0.39, 0.29) is 18.7 Å². The molecule has 0 saturated carbocycles. The summed E-state index contributed by atoms with van der Waals surface area (Å²) in [7, 11) is 0. The molecule has 0 aliphatic heterocycles. The summed E-state index contributed by atoms with van der Waals surface area (Å²) in [5.74, 6) is 0.448. The van der Waals surface area contributed by atoms with Gasteiger partial charge in [-0.2, -0.15) is 0 Å². The molecule has 6 nitrogen and oxygen atoms in total. The summed E-state index contributed by atoms with van der Waals surface area (Å²) in [6.07, 6.45) is 0.532. The van der Waals surface area contributed by atoms with Gasteiger partial charge in [-0.1, -0.05) is 18.2 Å². The van der Waals surface area contributed by atoms with E-state index in [4.69, 9.17) is 14.6 Å². The number of ether oxygens (including phenoxy) is 2. The zero-order valence-electron chi connectivity index (χ0n) is 17.3. The average Bonchev–Trinajstić information content (AvgIpc) is 2.68. The highest BCUT2D eigenvalue weighted by atomic mass is 16.5. The van der Waals surface area contributed by atoms with Crippen LogP contribution < -0.4 is 14.8 Å². The third-order valence-corrected chi connectivity index (χ3v) is 4.60. The number of hydrogen-bond acceptors (Lipinski definition) is 4. The Morgan fingerprint density at radius 3 is 2.34 bits per heavy atom. The Balaban J connectivity index is 1.69. The van der Waals surface area contributed by atoms with E-state index >= 15 is 0 Å². The lowest BCUT2D eigenvalue weighted by Gasteiger charge is -2.13. The lowest BCUT2D eigenvalue weighted by Crippen LogP contribution is -2.25. The molecule has 0 aliphatic rings. The van der Waals surface area contributed by atoms with Crippen molar-refractivity contribution in [3.8, 4) is 11.5 Å². The lowest BCUT2D eigenvalue weighted by atomic mass is 10.1. The molecule has 0 saturated heterocycles. The number of nitrogens with one attached hydrogen (secondary N) is 1. The summed E-state index contributed by atoms with van der Waals surface area (Å²) in [4.78, 5) is 21.9. The van der Waals surface area contributed by atoms with Gasteiger partial charge in [0, 0.05) is 13.0 Å². The van der Waals surface area contributed by atoms with Gasteiger partial charge in [-0.3, -0.25) is 9.59 Å². The van der Waals surface area contributed by atoms with Crippen LogP contribution in [0.2, 0.25) is 0 Å². The second-order valence-electron chi connectivity index (χ2n) is 7.04. The van der Waals surface area contributed by atoms with Gasteiger partial charge in [0.2, 0.25) is 5.91 Å². The maximum Gasteiger partial charge on any atom is 0.303 e. The quantitative estimate of drug-likeness (QED) is 0.564. The molecule has 156 valence electrons. The summed E-state index contributed by atoms with van der Waals surface area (Å²) in [6, 6.07) is 11.9. The average molecular weight is 399 g/mol. The van der Waals surface area contributed by atoms with E-state index in [2.05, 4.69) is 32.2 Å². The van der Waals surface area contributed by atoms with E-state index in [1.165, 1.54) is 11.1 Å². The minimum atomic E-state index is -0.967. The van der Waals surface area contributed by atoms with E-state index in [1.54, 1.807) is 0 Å². The molecule has 2 aromatic rings. The number of carboxylic acid groups (broad SMARTS) is 1. The van der Waals surface area contributed by atoms with Crippen LogP contribution >= 0.6 is 0 Å². The monoisotopic (exact) mass is 399 g/mol. The largest absolute Gasteiger partial charge is 0.490 e. The van der Waals surface area contributed by atoms with Crippen molar-refractivity contribution < 1.29 is 24.2 Å². The molecule has 0 radical (unpaired) electrons. The van der Waals surface area contributed by atoms with Gasteiger partial charge in [-0.25, -0.2) is 0 Å². The molecular weight excluding hydrogens is 370 g/mol. The highest BCUT2D eigenvalue weighted by Gasteiger charge is 2.06. The first-order chi connectivity index (χ1) is 13.8. The van der Waals surface area contributed by atoms with Crippen molar-refractivity contribution in [3.63, 3.8) is 0 Å². The van der Waals surface area contributed by atoms with Crippen LogP contribution in [0.4, 0.5) is 0 Å². The van der Waals surface area contributed by atoms with E-state index in [0.717, 1.165) is 22.6 Å². The Morgan fingerprint density at radius 1 is 0.966 bits per heavy atom. The fourth-order valence-electron chi connectivity index (χ4n) is 2.87. The minimum Gasteiger partial charge on any atom is -0.490 e. The zero-order chi connectivity index (χ0) is 21.2. The van der Waals surface area contributed by atoms with E-state index in [9.17, 15) is 9.59 Å². The van der Waals surface area contributed by atoms with Gasteiger partial charge in [0.1, 0.15) is 24.7 Å². The molecule has 0 atom stereocenters. The molecule has 2 aromatic carbocycles. The number of carboxylic acids is 1. The Kier molecular flexibility index (Phi) is 8.52. The van der Waals surface area contributed by atoms with Crippen molar-refractivity contribution in [2.45, 2.75) is 40.0 Å². The van der Waals surface area contributed by atoms with Gasteiger partial charge in [0.15, 0.2) is 0 Å². The number of benzene rings is 2. The van der Waals surface area contributed by atoms with Crippen LogP contribution in [-0.2, 0) is 16.0 Å². The highest BCUT2D eigenvalue weighted by molar-refractivity contribution is 5.80. The van der Waals surface area contributed by atoms with Crippen LogP contribution in [0, 0.1) is 20.8 Å². The smallest absolute Gasteiger partial charge is 0.303 e. The normalized spacial score (nSPS) is 10.4. The number of rotatable bonds is 11. The van der Waals surface area contributed by atoms with Crippen molar-refractivity contribution in [1.82, 2.24) is 5.32 Å². The number of carbonyl (C=O) groups is 2. The van der Waals surface area contributed by atoms with Crippen LogP contribution in [0.1, 0.15) is 35.1 Å². The molecule has 0 heterocycles. The highest BCUT2D eigenvalue weighted by Crippen LogP contribution is 2.23. The first-order valence-corrected chi connectivity index (χ1v) is 9.76. The van der Waals surface area contributed by atoms with Gasteiger partial charge >= 0.3 is 5.97 Å². The first kappa shape index (κ1) is 22.3. The molecule has 0 unspecified atom stereocenters. The molecule has 0 aliphatic carbocycles. The van der Waals surface area contributed by atoms with E-state index in [0.29, 0.717) is 26.2 Å². The van der Waals surface area contributed by atoms with Crippen LogP contribution in [0.15, 0.2) is 36.4 Å². The number of carbonyl (C=O) groups excluding carboxylic acids is 1. The molecule has 29 heavy (non-hydrogen) atoms. The number of aliphatic carboxylic acids is 1. The Labute approximate surface area is 171 Å². The van der Waals surface area contributed by atoms with Gasteiger partial charge in [-0.15, -0.1) is 0 Å². The summed E-state index contributed by atoms with van der Waals surface area (Å²) >= 11 is 0. The third kappa shape index (κ3) is 7.86. The number of amides is 1. The molecule has 0 bridgehead atoms. The molecule has 2 N–H and O–H groups in total. The summed E-state index contributed by atoms with van der Waals surface area (Å²) in [6.45, 7) is 7.58. The Bertz CT molecular complexity index is 830. The molecule has 0 fully saturated rings. The van der Waals surface area contributed by atoms with Crippen molar-refractivity contribution >= 4 is 11.9 Å². The zero-order valence-corrected chi connectivity index (χ0v) is 17.3. The molecule has 1 amide bonds.